The number of allylic oxidation sites excluding steroid dienone is 1. The van der Waals surface area contributed by atoms with Gasteiger partial charge in [0.1, 0.15) is 5.75 Å². The Morgan fingerprint density at radius 1 is 1.20 bits per heavy atom. The van der Waals surface area contributed by atoms with Gasteiger partial charge in [0, 0.05) is 43.7 Å². The van der Waals surface area contributed by atoms with Crippen molar-refractivity contribution in [1.82, 2.24) is 5.32 Å². The maximum absolute atomic E-state index is 12.2. The number of nitriles is 1. The summed E-state index contributed by atoms with van der Waals surface area (Å²) in [5.41, 5.74) is 3.14. The van der Waals surface area contributed by atoms with Gasteiger partial charge in [0.05, 0.1) is 12.5 Å². The van der Waals surface area contributed by atoms with E-state index in [2.05, 4.69) is 10.3 Å². The summed E-state index contributed by atoms with van der Waals surface area (Å²) in [6, 6.07) is 17.1. The lowest BCUT2D eigenvalue weighted by atomic mass is 10.1. The quantitative estimate of drug-likeness (QED) is 0.378. The highest BCUT2D eigenvalue weighted by molar-refractivity contribution is 6.02. The van der Waals surface area contributed by atoms with Gasteiger partial charge in [-0.3, -0.25) is 4.79 Å². The molecule has 30 heavy (non-hydrogen) atoms. The van der Waals surface area contributed by atoms with Crippen molar-refractivity contribution in [3.63, 3.8) is 0 Å². The number of hydrogen-bond donors (Lipinski definition) is 1. The summed E-state index contributed by atoms with van der Waals surface area (Å²) in [5, 5.41) is 11.3. The van der Waals surface area contributed by atoms with E-state index in [4.69, 9.17) is 10.00 Å². The normalized spacial score (nSPS) is 11.6. The SMILES string of the molecule is CC/C=C(\N=C(/C)c1cccc(C(=O)NCCC#N)c1)Oc1cccc(N(C)C)c1. The summed E-state index contributed by atoms with van der Waals surface area (Å²) in [7, 11) is 3.96. The molecule has 2 rings (SSSR count). The van der Waals surface area contributed by atoms with Crippen molar-refractivity contribution in [2.75, 3.05) is 25.5 Å². The summed E-state index contributed by atoms with van der Waals surface area (Å²) < 4.78 is 6.02. The molecule has 0 radical (unpaired) electrons. The fourth-order valence-electron chi connectivity index (χ4n) is 2.68. The molecule has 1 amide bonds. The molecule has 0 aliphatic carbocycles. The molecule has 0 saturated carbocycles. The first-order chi connectivity index (χ1) is 14.4. The van der Waals surface area contributed by atoms with Gasteiger partial charge in [-0.2, -0.15) is 5.26 Å². The van der Waals surface area contributed by atoms with Crippen molar-refractivity contribution in [3.05, 3.63) is 71.6 Å². The maximum Gasteiger partial charge on any atom is 0.251 e. The zero-order chi connectivity index (χ0) is 21.9. The third-order valence-corrected chi connectivity index (χ3v) is 4.28. The van der Waals surface area contributed by atoms with Gasteiger partial charge in [-0.1, -0.05) is 25.1 Å². The zero-order valence-corrected chi connectivity index (χ0v) is 18.0. The number of hydrogen-bond acceptors (Lipinski definition) is 5. The molecule has 1 N–H and O–H groups in total. The molecule has 0 atom stereocenters. The van der Waals surface area contributed by atoms with E-state index in [1.165, 1.54) is 0 Å². The fourth-order valence-corrected chi connectivity index (χ4v) is 2.68. The van der Waals surface area contributed by atoms with Crippen LogP contribution < -0.4 is 15.0 Å². The van der Waals surface area contributed by atoms with Crippen LogP contribution in [-0.2, 0) is 0 Å². The number of anilines is 1. The fraction of sp³-hybridized carbons (Fsp3) is 0.292. The largest absolute Gasteiger partial charge is 0.439 e. The summed E-state index contributed by atoms with van der Waals surface area (Å²) in [6.45, 7) is 4.24. The van der Waals surface area contributed by atoms with Gasteiger partial charge in [0.25, 0.3) is 5.91 Å². The summed E-state index contributed by atoms with van der Waals surface area (Å²) in [5.74, 6) is 1.01. The van der Waals surface area contributed by atoms with Gasteiger partial charge < -0.3 is 15.0 Å². The van der Waals surface area contributed by atoms with Crippen LogP contribution in [-0.4, -0.2) is 32.3 Å². The minimum Gasteiger partial charge on any atom is -0.439 e. The average Bonchev–Trinajstić information content (AvgIpc) is 2.74. The van der Waals surface area contributed by atoms with E-state index in [0.717, 1.165) is 23.4 Å². The minimum atomic E-state index is -0.207. The van der Waals surface area contributed by atoms with Crippen molar-refractivity contribution in [3.8, 4) is 11.8 Å². The molecule has 0 spiro atoms. The Kier molecular flexibility index (Phi) is 8.64. The molecule has 0 bridgehead atoms. The highest BCUT2D eigenvalue weighted by atomic mass is 16.5. The van der Waals surface area contributed by atoms with E-state index in [1.807, 2.05) is 81.4 Å². The molecule has 0 aromatic heterocycles. The summed E-state index contributed by atoms with van der Waals surface area (Å²) in [4.78, 5) is 18.9. The molecule has 2 aromatic carbocycles. The van der Waals surface area contributed by atoms with Crippen LogP contribution in [0, 0.1) is 11.3 Å². The number of benzene rings is 2. The number of amides is 1. The lowest BCUT2D eigenvalue weighted by molar-refractivity contribution is 0.0954. The first-order valence-electron chi connectivity index (χ1n) is 9.91. The second-order valence-corrected chi connectivity index (χ2v) is 6.89. The standard InChI is InChI=1S/C24H28N4O2/c1-5-9-23(30-22-13-7-12-21(17-22)28(3)4)27-18(2)19-10-6-11-20(16-19)24(29)26-15-8-14-25/h6-7,9-13,16-17H,5,8,15H2,1-4H3,(H,26,29)/b23-9+,27-18+. The van der Waals surface area contributed by atoms with Crippen molar-refractivity contribution >= 4 is 17.3 Å². The molecule has 0 aliphatic rings. The molecule has 0 saturated heterocycles. The van der Waals surface area contributed by atoms with E-state index in [9.17, 15) is 4.79 Å². The van der Waals surface area contributed by atoms with Crippen LogP contribution in [0.5, 0.6) is 5.75 Å². The Hall–Kier alpha value is -3.59. The Bertz CT molecular complexity index is 971. The smallest absolute Gasteiger partial charge is 0.251 e. The Morgan fingerprint density at radius 2 is 1.93 bits per heavy atom. The number of nitrogens with zero attached hydrogens (tertiary/aromatic N) is 3. The van der Waals surface area contributed by atoms with Crippen LogP contribution in [0.4, 0.5) is 5.69 Å². The molecule has 2 aromatic rings. The molecule has 156 valence electrons. The van der Waals surface area contributed by atoms with E-state index < -0.39 is 0 Å². The number of ether oxygens (including phenoxy) is 1. The Morgan fingerprint density at radius 3 is 2.63 bits per heavy atom. The third kappa shape index (κ3) is 6.78. The summed E-state index contributed by atoms with van der Waals surface area (Å²) in [6.07, 6.45) is 2.98. The van der Waals surface area contributed by atoms with Crippen LogP contribution in [0.15, 0.2) is 65.5 Å². The van der Waals surface area contributed by atoms with E-state index in [1.54, 1.807) is 12.1 Å². The van der Waals surface area contributed by atoms with E-state index in [0.29, 0.717) is 23.7 Å². The van der Waals surface area contributed by atoms with Crippen LogP contribution in [0.2, 0.25) is 0 Å². The van der Waals surface area contributed by atoms with Gasteiger partial charge in [-0.05, 0) is 49.2 Å². The molecule has 0 aliphatic heterocycles. The monoisotopic (exact) mass is 404 g/mol. The predicted molar refractivity (Wildman–Crippen MR) is 121 cm³/mol. The number of rotatable bonds is 9. The molecule has 0 heterocycles. The maximum atomic E-state index is 12.2. The first kappa shape index (κ1) is 22.7. The van der Waals surface area contributed by atoms with E-state index >= 15 is 0 Å². The second-order valence-electron chi connectivity index (χ2n) is 6.89. The Labute approximate surface area is 178 Å². The lowest BCUT2D eigenvalue weighted by Crippen LogP contribution is -2.24. The molecule has 6 nitrogen and oxygen atoms in total. The van der Waals surface area contributed by atoms with E-state index in [-0.39, 0.29) is 12.3 Å². The van der Waals surface area contributed by atoms with Gasteiger partial charge in [-0.15, -0.1) is 0 Å². The van der Waals surface area contributed by atoms with Gasteiger partial charge in [0.15, 0.2) is 0 Å². The number of carbonyl (C=O) groups excluding carboxylic acids is 1. The zero-order valence-electron chi connectivity index (χ0n) is 18.0. The molecule has 6 heteroatoms. The molecular weight excluding hydrogens is 376 g/mol. The lowest BCUT2D eigenvalue weighted by Gasteiger charge is -2.14. The number of nitrogens with one attached hydrogen (secondary N) is 1. The first-order valence-corrected chi connectivity index (χ1v) is 9.91. The predicted octanol–water partition coefficient (Wildman–Crippen LogP) is 4.54. The van der Waals surface area contributed by atoms with Crippen molar-refractivity contribution in [1.29, 1.82) is 5.26 Å². The van der Waals surface area contributed by atoms with Crippen molar-refractivity contribution < 1.29 is 9.53 Å². The van der Waals surface area contributed by atoms with Gasteiger partial charge >= 0.3 is 0 Å². The van der Waals surface area contributed by atoms with Crippen molar-refractivity contribution in [2.45, 2.75) is 26.7 Å². The molecule has 0 unspecified atom stereocenters. The highest BCUT2D eigenvalue weighted by Crippen LogP contribution is 2.22. The minimum absolute atomic E-state index is 0.207. The third-order valence-electron chi connectivity index (χ3n) is 4.28. The second kappa shape index (κ2) is 11.4. The van der Waals surface area contributed by atoms with Crippen LogP contribution in [0.3, 0.4) is 0 Å². The van der Waals surface area contributed by atoms with Crippen LogP contribution in [0.25, 0.3) is 0 Å². The number of aliphatic imine (C=N–C) groups is 1. The molecular formula is C24H28N4O2. The van der Waals surface area contributed by atoms with Crippen LogP contribution in [0.1, 0.15) is 42.6 Å². The summed E-state index contributed by atoms with van der Waals surface area (Å²) >= 11 is 0. The van der Waals surface area contributed by atoms with Gasteiger partial charge in [-0.25, -0.2) is 4.99 Å². The topological polar surface area (TPSA) is 77.7 Å². The van der Waals surface area contributed by atoms with Crippen LogP contribution >= 0.6 is 0 Å². The Balaban J connectivity index is 2.21. The molecule has 0 fully saturated rings. The average molecular weight is 405 g/mol. The number of carbonyl (C=O) groups is 1. The van der Waals surface area contributed by atoms with Gasteiger partial charge in [0.2, 0.25) is 5.88 Å². The van der Waals surface area contributed by atoms with Crippen molar-refractivity contribution in [2.24, 2.45) is 4.99 Å². The highest BCUT2D eigenvalue weighted by Gasteiger charge is 2.08.